The van der Waals surface area contributed by atoms with Crippen molar-refractivity contribution < 1.29 is 37.1 Å². The first-order valence-corrected chi connectivity index (χ1v) is 10.7. The summed E-state index contributed by atoms with van der Waals surface area (Å²) in [5.41, 5.74) is 0.605. The second-order valence-electron chi connectivity index (χ2n) is 8.16. The number of alkyl halides is 3. The Morgan fingerprint density at radius 3 is 2.31 bits per heavy atom. The van der Waals surface area contributed by atoms with Crippen molar-refractivity contribution in [2.45, 2.75) is 20.0 Å². The highest BCUT2D eigenvalue weighted by Gasteiger charge is 2.38. The highest BCUT2D eigenvalue weighted by Crippen LogP contribution is 2.35. The van der Waals surface area contributed by atoms with Crippen LogP contribution < -0.4 is 10.2 Å². The number of nitrogens with one attached hydrogen (secondary N) is 1. The summed E-state index contributed by atoms with van der Waals surface area (Å²) in [6.45, 7) is 2.79. The summed E-state index contributed by atoms with van der Waals surface area (Å²) in [5, 5.41) is 2.07. The standard InChI is InChI=1S/C26H19F3N2O5/c1-14-7-10-21(15(2)11-14)31-23(33)17-9-8-16(12-18(17)24(31)34)25(35)36-13-22(32)30-20-6-4-3-5-19(20)26(27,28)29/h3-12H,13H2,1-2H3,(H,30,32). The molecule has 0 unspecified atom stereocenters. The molecule has 0 radical (unpaired) electrons. The third kappa shape index (κ3) is 4.70. The van der Waals surface area contributed by atoms with E-state index in [4.69, 9.17) is 4.74 Å². The van der Waals surface area contributed by atoms with E-state index in [2.05, 4.69) is 5.32 Å². The number of hydrogen-bond donors (Lipinski definition) is 1. The van der Waals surface area contributed by atoms with Gasteiger partial charge < -0.3 is 10.1 Å². The molecule has 1 aliphatic rings. The van der Waals surface area contributed by atoms with E-state index in [9.17, 15) is 32.3 Å². The highest BCUT2D eigenvalue weighted by molar-refractivity contribution is 6.35. The molecule has 0 saturated carbocycles. The molecule has 3 amide bonds. The lowest BCUT2D eigenvalue weighted by Gasteiger charge is -2.16. The molecule has 0 saturated heterocycles. The molecule has 4 rings (SSSR count). The maximum atomic E-state index is 13.1. The van der Waals surface area contributed by atoms with Crippen LogP contribution in [0.4, 0.5) is 24.5 Å². The van der Waals surface area contributed by atoms with Crippen molar-refractivity contribution >= 4 is 35.1 Å². The minimum atomic E-state index is -4.68. The number of nitrogens with zero attached hydrogens (tertiary/aromatic N) is 1. The Morgan fingerprint density at radius 2 is 1.61 bits per heavy atom. The number of carbonyl (C=O) groups is 4. The number of carbonyl (C=O) groups excluding carboxylic acids is 4. The van der Waals surface area contributed by atoms with Gasteiger partial charge in [0, 0.05) is 0 Å². The van der Waals surface area contributed by atoms with Gasteiger partial charge in [-0.1, -0.05) is 29.8 Å². The van der Waals surface area contributed by atoms with Gasteiger partial charge in [0.25, 0.3) is 17.7 Å². The van der Waals surface area contributed by atoms with Crippen LogP contribution in [0.2, 0.25) is 0 Å². The third-order valence-corrected chi connectivity index (χ3v) is 5.56. The Bertz CT molecular complexity index is 1410. The fourth-order valence-corrected chi connectivity index (χ4v) is 3.88. The summed E-state index contributed by atoms with van der Waals surface area (Å²) in [5.74, 6) is -3.11. The smallest absolute Gasteiger partial charge is 0.418 e. The summed E-state index contributed by atoms with van der Waals surface area (Å²) >= 11 is 0. The molecule has 0 aliphatic carbocycles. The third-order valence-electron chi connectivity index (χ3n) is 5.56. The Morgan fingerprint density at radius 1 is 0.917 bits per heavy atom. The van der Waals surface area contributed by atoms with Gasteiger partial charge in [-0.25, -0.2) is 9.69 Å². The summed E-state index contributed by atoms with van der Waals surface area (Å²) in [6, 6.07) is 13.4. The van der Waals surface area contributed by atoms with Gasteiger partial charge in [0.1, 0.15) is 0 Å². The van der Waals surface area contributed by atoms with Crippen molar-refractivity contribution in [3.05, 3.63) is 94.0 Å². The lowest BCUT2D eigenvalue weighted by molar-refractivity contribution is -0.137. The highest BCUT2D eigenvalue weighted by atomic mass is 19.4. The molecule has 0 spiro atoms. The zero-order valence-electron chi connectivity index (χ0n) is 19.1. The molecule has 0 aromatic heterocycles. The monoisotopic (exact) mass is 496 g/mol. The van der Waals surface area contributed by atoms with Gasteiger partial charge in [-0.05, 0) is 55.8 Å². The van der Waals surface area contributed by atoms with E-state index in [-0.39, 0.29) is 16.7 Å². The van der Waals surface area contributed by atoms with E-state index >= 15 is 0 Å². The van der Waals surface area contributed by atoms with Gasteiger partial charge in [-0.2, -0.15) is 13.2 Å². The summed E-state index contributed by atoms with van der Waals surface area (Å²) < 4.78 is 44.2. The van der Waals surface area contributed by atoms with E-state index in [0.717, 1.165) is 28.2 Å². The van der Waals surface area contributed by atoms with Gasteiger partial charge in [-0.15, -0.1) is 0 Å². The number of imide groups is 1. The lowest BCUT2D eigenvalue weighted by atomic mass is 10.1. The zero-order valence-corrected chi connectivity index (χ0v) is 19.1. The molecule has 1 aliphatic heterocycles. The summed E-state index contributed by atoms with van der Waals surface area (Å²) in [4.78, 5) is 51.5. The first-order chi connectivity index (χ1) is 17.0. The van der Waals surface area contributed by atoms with E-state index in [1.54, 1.807) is 19.1 Å². The fourth-order valence-electron chi connectivity index (χ4n) is 3.88. The number of para-hydroxylation sites is 1. The summed E-state index contributed by atoms with van der Waals surface area (Å²) in [7, 11) is 0. The van der Waals surface area contributed by atoms with Gasteiger partial charge in [-0.3, -0.25) is 14.4 Å². The molecule has 3 aromatic rings. The zero-order chi connectivity index (χ0) is 26.2. The molecule has 10 heteroatoms. The second kappa shape index (κ2) is 9.29. The molecule has 3 aromatic carbocycles. The van der Waals surface area contributed by atoms with Crippen LogP contribution in [-0.2, 0) is 15.7 Å². The van der Waals surface area contributed by atoms with Crippen LogP contribution in [0.15, 0.2) is 60.7 Å². The first-order valence-electron chi connectivity index (χ1n) is 10.7. The molecule has 0 atom stereocenters. The minimum absolute atomic E-state index is 0.00187. The topological polar surface area (TPSA) is 92.8 Å². The van der Waals surface area contributed by atoms with E-state index in [1.165, 1.54) is 30.3 Å². The van der Waals surface area contributed by atoms with Gasteiger partial charge >= 0.3 is 12.1 Å². The van der Waals surface area contributed by atoms with Crippen LogP contribution in [0, 0.1) is 13.8 Å². The number of esters is 1. The van der Waals surface area contributed by atoms with Gasteiger partial charge in [0.15, 0.2) is 6.61 Å². The normalized spacial score (nSPS) is 13.0. The van der Waals surface area contributed by atoms with Crippen LogP contribution >= 0.6 is 0 Å². The fraction of sp³-hybridized carbons (Fsp3) is 0.154. The molecule has 0 fully saturated rings. The van der Waals surface area contributed by atoms with Crippen molar-refractivity contribution in [1.29, 1.82) is 0 Å². The maximum Gasteiger partial charge on any atom is 0.418 e. The molecule has 0 bridgehead atoms. The van der Waals surface area contributed by atoms with Crippen molar-refractivity contribution in [2.24, 2.45) is 0 Å². The van der Waals surface area contributed by atoms with Crippen molar-refractivity contribution in [2.75, 3.05) is 16.8 Å². The maximum absolute atomic E-state index is 13.1. The number of rotatable bonds is 5. The predicted molar refractivity (Wildman–Crippen MR) is 124 cm³/mol. The van der Waals surface area contributed by atoms with Crippen molar-refractivity contribution in [1.82, 2.24) is 0 Å². The van der Waals surface area contributed by atoms with E-state index in [1.807, 2.05) is 13.0 Å². The van der Waals surface area contributed by atoms with Crippen LogP contribution in [0.5, 0.6) is 0 Å². The van der Waals surface area contributed by atoms with E-state index in [0.29, 0.717) is 5.69 Å². The molecule has 1 N–H and O–H groups in total. The minimum Gasteiger partial charge on any atom is -0.452 e. The Hall–Kier alpha value is -4.47. The Kier molecular flexibility index (Phi) is 6.36. The largest absolute Gasteiger partial charge is 0.452 e. The molecular weight excluding hydrogens is 477 g/mol. The van der Waals surface area contributed by atoms with E-state index < -0.39 is 47.7 Å². The van der Waals surface area contributed by atoms with Crippen LogP contribution in [0.25, 0.3) is 0 Å². The van der Waals surface area contributed by atoms with Crippen LogP contribution in [-0.4, -0.2) is 30.3 Å². The Balaban J connectivity index is 1.46. The molecule has 36 heavy (non-hydrogen) atoms. The number of benzene rings is 3. The van der Waals surface area contributed by atoms with Crippen molar-refractivity contribution in [3.63, 3.8) is 0 Å². The number of anilines is 2. The first kappa shape index (κ1) is 24.6. The number of ether oxygens (including phenoxy) is 1. The number of hydrogen-bond acceptors (Lipinski definition) is 5. The number of aryl methyl sites for hydroxylation is 2. The van der Waals surface area contributed by atoms with Gasteiger partial charge in [0.05, 0.1) is 33.6 Å². The predicted octanol–water partition coefficient (Wildman–Crippen LogP) is 4.92. The molecule has 7 nitrogen and oxygen atoms in total. The molecule has 184 valence electrons. The quantitative estimate of drug-likeness (QED) is 0.400. The second-order valence-corrected chi connectivity index (χ2v) is 8.16. The van der Waals surface area contributed by atoms with Crippen LogP contribution in [0.3, 0.4) is 0 Å². The van der Waals surface area contributed by atoms with Gasteiger partial charge in [0.2, 0.25) is 0 Å². The van der Waals surface area contributed by atoms with Crippen LogP contribution in [0.1, 0.15) is 47.8 Å². The average molecular weight is 496 g/mol. The summed E-state index contributed by atoms with van der Waals surface area (Å²) in [6.07, 6.45) is -4.68. The number of amides is 3. The number of fused-ring (bicyclic) bond motifs is 1. The number of halogens is 3. The molecular formula is C26H19F3N2O5. The molecule has 1 heterocycles. The SMILES string of the molecule is Cc1ccc(N2C(=O)c3ccc(C(=O)OCC(=O)Nc4ccccc4C(F)(F)F)cc3C2=O)c(C)c1. The average Bonchev–Trinajstić information content (AvgIpc) is 3.07. The van der Waals surface area contributed by atoms with Crippen molar-refractivity contribution in [3.8, 4) is 0 Å². The Labute approximate surface area is 203 Å². The lowest BCUT2D eigenvalue weighted by Crippen LogP contribution is -2.30.